The van der Waals surface area contributed by atoms with Crippen LogP contribution in [0.3, 0.4) is 0 Å². The van der Waals surface area contributed by atoms with Gasteiger partial charge in [-0.1, -0.05) is 152 Å². The van der Waals surface area contributed by atoms with Gasteiger partial charge in [-0.2, -0.15) is 0 Å². The Labute approximate surface area is 337 Å². The number of hydrogen-bond acceptors (Lipinski definition) is 3. The fourth-order valence-corrected chi connectivity index (χ4v) is 8.92. The standard InChI is InChI=1S/C55H36N2O/c1-58-40-31-29-37(30-32-40)48-22-12-24-50(57-48)49-23-11-21-47(56-49)36-27-25-35(26-28-36)41-33-34-46-53-42(41)19-10-20-45(53)54-51(38-13-4-2-5-14-38)43-17-8-9-18-44(43)52(55(46)54)39-15-6-3-7-16-39/h2-34H,1H3. The number of pyridine rings is 2. The van der Waals surface area contributed by atoms with Crippen LogP contribution in [0.5, 0.6) is 5.75 Å². The predicted octanol–water partition coefficient (Wildman–Crippen LogP) is 14.4. The maximum atomic E-state index is 5.35. The average molecular weight is 741 g/mol. The van der Waals surface area contributed by atoms with Gasteiger partial charge in [0.15, 0.2) is 0 Å². The minimum absolute atomic E-state index is 0.822. The van der Waals surface area contributed by atoms with Crippen molar-refractivity contribution in [2.45, 2.75) is 0 Å². The molecule has 0 fully saturated rings. The second-order valence-corrected chi connectivity index (χ2v) is 14.8. The normalized spacial score (nSPS) is 11.5. The minimum Gasteiger partial charge on any atom is -0.497 e. The molecule has 0 amide bonds. The highest BCUT2D eigenvalue weighted by atomic mass is 16.5. The van der Waals surface area contributed by atoms with Gasteiger partial charge in [-0.25, -0.2) is 9.97 Å². The zero-order valence-electron chi connectivity index (χ0n) is 31.9. The molecule has 0 unspecified atom stereocenters. The van der Waals surface area contributed by atoms with Crippen LogP contribution in [0.25, 0.3) is 111 Å². The van der Waals surface area contributed by atoms with Gasteiger partial charge >= 0.3 is 0 Å². The summed E-state index contributed by atoms with van der Waals surface area (Å²) < 4.78 is 5.35. The van der Waals surface area contributed by atoms with Crippen molar-refractivity contribution in [1.29, 1.82) is 0 Å². The van der Waals surface area contributed by atoms with Crippen molar-refractivity contribution < 1.29 is 4.74 Å². The van der Waals surface area contributed by atoms with Gasteiger partial charge in [-0.3, -0.25) is 0 Å². The molecule has 272 valence electrons. The lowest BCUT2D eigenvalue weighted by Gasteiger charge is -2.20. The van der Waals surface area contributed by atoms with E-state index in [4.69, 9.17) is 14.7 Å². The molecule has 0 atom stereocenters. The van der Waals surface area contributed by atoms with Crippen LogP contribution in [-0.2, 0) is 0 Å². The third-order valence-corrected chi connectivity index (χ3v) is 11.6. The first-order valence-electron chi connectivity index (χ1n) is 19.7. The molecule has 10 aromatic rings. The summed E-state index contributed by atoms with van der Waals surface area (Å²) in [5.74, 6) is 0.822. The number of aromatic nitrogens is 2. The van der Waals surface area contributed by atoms with Gasteiger partial charge in [0, 0.05) is 11.1 Å². The lowest BCUT2D eigenvalue weighted by Crippen LogP contribution is -1.93. The fourth-order valence-electron chi connectivity index (χ4n) is 8.92. The summed E-state index contributed by atoms with van der Waals surface area (Å²) in [6.45, 7) is 0. The summed E-state index contributed by atoms with van der Waals surface area (Å²) in [6, 6.07) is 71.3. The van der Waals surface area contributed by atoms with E-state index in [1.54, 1.807) is 7.11 Å². The Balaban J connectivity index is 1.01. The second kappa shape index (κ2) is 13.8. The molecule has 1 aliphatic rings. The van der Waals surface area contributed by atoms with Crippen LogP contribution in [0.2, 0.25) is 0 Å². The number of methoxy groups -OCH3 is 1. The SMILES string of the molecule is COc1ccc(-c2cccc(-c3cccc(-c4ccc(-c5ccc6c7c(cccc57)-c5c-6c(-c6ccccc6)c6ccccc6c5-c5ccccc5)cc4)n3)n2)cc1. The van der Waals surface area contributed by atoms with Crippen molar-refractivity contribution in [3.63, 3.8) is 0 Å². The Kier molecular flexibility index (Phi) is 8.04. The highest BCUT2D eigenvalue weighted by Gasteiger charge is 2.31. The molecule has 2 aromatic heterocycles. The summed E-state index contributed by atoms with van der Waals surface area (Å²) in [7, 11) is 1.68. The molecule has 1 aliphatic carbocycles. The first-order chi connectivity index (χ1) is 28.7. The van der Waals surface area contributed by atoms with Crippen molar-refractivity contribution in [2.24, 2.45) is 0 Å². The van der Waals surface area contributed by atoms with Crippen molar-refractivity contribution in [3.05, 3.63) is 200 Å². The topological polar surface area (TPSA) is 35.0 Å². The number of ether oxygens (including phenoxy) is 1. The summed E-state index contributed by atoms with van der Waals surface area (Å²) in [5, 5.41) is 5.10. The molecule has 0 bridgehead atoms. The highest BCUT2D eigenvalue weighted by molar-refractivity contribution is 6.28. The number of hydrogen-bond donors (Lipinski definition) is 0. The van der Waals surface area contributed by atoms with Gasteiger partial charge in [-0.05, 0) is 126 Å². The van der Waals surface area contributed by atoms with Crippen LogP contribution in [0.15, 0.2) is 200 Å². The van der Waals surface area contributed by atoms with Crippen LogP contribution in [-0.4, -0.2) is 17.1 Å². The monoisotopic (exact) mass is 740 g/mol. The van der Waals surface area contributed by atoms with Crippen LogP contribution in [0, 0.1) is 0 Å². The molecule has 58 heavy (non-hydrogen) atoms. The van der Waals surface area contributed by atoms with E-state index in [-0.39, 0.29) is 0 Å². The minimum atomic E-state index is 0.822. The van der Waals surface area contributed by atoms with E-state index in [0.29, 0.717) is 0 Å². The van der Waals surface area contributed by atoms with Gasteiger partial charge < -0.3 is 4.74 Å². The van der Waals surface area contributed by atoms with Crippen molar-refractivity contribution in [3.8, 4) is 95.3 Å². The molecule has 0 spiro atoms. The molecule has 0 N–H and O–H groups in total. The van der Waals surface area contributed by atoms with Gasteiger partial charge in [0.05, 0.1) is 29.9 Å². The fraction of sp³-hybridized carbons (Fsp3) is 0.0182. The van der Waals surface area contributed by atoms with Gasteiger partial charge in [-0.15, -0.1) is 0 Å². The van der Waals surface area contributed by atoms with E-state index in [0.717, 1.165) is 39.7 Å². The Morgan fingerprint density at radius 2 is 0.724 bits per heavy atom. The molecular weight excluding hydrogens is 705 g/mol. The van der Waals surface area contributed by atoms with E-state index < -0.39 is 0 Å². The first-order valence-corrected chi connectivity index (χ1v) is 19.7. The van der Waals surface area contributed by atoms with Crippen LogP contribution in [0.4, 0.5) is 0 Å². The Morgan fingerprint density at radius 1 is 0.293 bits per heavy atom. The summed E-state index contributed by atoms with van der Waals surface area (Å²) in [6.07, 6.45) is 0. The van der Waals surface area contributed by atoms with E-state index >= 15 is 0 Å². The number of fused-ring (bicyclic) bond motifs is 4. The second-order valence-electron chi connectivity index (χ2n) is 14.8. The largest absolute Gasteiger partial charge is 0.497 e. The Hall–Kier alpha value is -7.62. The summed E-state index contributed by atoms with van der Waals surface area (Å²) in [4.78, 5) is 10.1. The van der Waals surface area contributed by atoms with Crippen molar-refractivity contribution in [2.75, 3.05) is 7.11 Å². The van der Waals surface area contributed by atoms with Crippen LogP contribution >= 0.6 is 0 Å². The summed E-state index contributed by atoms with van der Waals surface area (Å²) >= 11 is 0. The zero-order chi connectivity index (χ0) is 38.6. The molecule has 8 aromatic carbocycles. The first kappa shape index (κ1) is 33.7. The molecule has 2 heterocycles. The number of benzene rings is 8. The van der Waals surface area contributed by atoms with Gasteiger partial charge in [0.2, 0.25) is 0 Å². The van der Waals surface area contributed by atoms with E-state index in [2.05, 4.69) is 152 Å². The van der Waals surface area contributed by atoms with Crippen molar-refractivity contribution in [1.82, 2.24) is 9.97 Å². The van der Waals surface area contributed by atoms with E-state index in [9.17, 15) is 0 Å². The molecular formula is C55H36N2O. The van der Waals surface area contributed by atoms with Crippen molar-refractivity contribution >= 4 is 21.5 Å². The maximum Gasteiger partial charge on any atom is 0.118 e. The lowest BCUT2D eigenvalue weighted by molar-refractivity contribution is 0.415. The predicted molar refractivity (Wildman–Crippen MR) is 241 cm³/mol. The van der Waals surface area contributed by atoms with E-state index in [1.807, 2.05) is 48.5 Å². The van der Waals surface area contributed by atoms with Gasteiger partial charge in [0.25, 0.3) is 0 Å². The molecule has 3 nitrogen and oxygen atoms in total. The zero-order valence-corrected chi connectivity index (χ0v) is 31.9. The third-order valence-electron chi connectivity index (χ3n) is 11.6. The van der Waals surface area contributed by atoms with Crippen LogP contribution < -0.4 is 4.74 Å². The quantitative estimate of drug-likeness (QED) is 0.163. The number of rotatable bonds is 7. The molecule has 0 saturated heterocycles. The molecule has 3 heteroatoms. The maximum absolute atomic E-state index is 5.35. The lowest BCUT2D eigenvalue weighted by atomic mass is 9.82. The van der Waals surface area contributed by atoms with Crippen LogP contribution in [0.1, 0.15) is 0 Å². The Bertz CT molecular complexity index is 3080. The molecule has 0 radical (unpaired) electrons. The number of nitrogens with zero attached hydrogens (tertiary/aromatic N) is 2. The molecule has 0 aliphatic heterocycles. The average Bonchev–Trinajstić information content (AvgIpc) is 3.63. The third kappa shape index (κ3) is 5.51. The Morgan fingerprint density at radius 3 is 1.28 bits per heavy atom. The van der Waals surface area contributed by atoms with Gasteiger partial charge in [0.1, 0.15) is 5.75 Å². The molecule has 11 rings (SSSR count). The smallest absolute Gasteiger partial charge is 0.118 e. The van der Waals surface area contributed by atoms with E-state index in [1.165, 1.54) is 77.2 Å². The molecule has 0 saturated carbocycles. The highest BCUT2D eigenvalue weighted by Crippen LogP contribution is 2.58. The summed E-state index contributed by atoms with van der Waals surface area (Å²) in [5.41, 5.74) is 18.2.